The molecule has 1 aliphatic heterocycles. The smallest absolute Gasteiger partial charge is 0.279 e. The predicted molar refractivity (Wildman–Crippen MR) is 88.9 cm³/mol. The first kappa shape index (κ1) is 18.2. The van der Waals surface area contributed by atoms with Crippen molar-refractivity contribution in [2.45, 2.75) is 64.9 Å². The minimum atomic E-state index is -3.36. The van der Waals surface area contributed by atoms with Gasteiger partial charge in [0, 0.05) is 19.6 Å². The Balaban J connectivity index is 1.70. The molecule has 2 rings (SSSR count). The van der Waals surface area contributed by atoms with Crippen LogP contribution in [-0.4, -0.2) is 45.1 Å². The third kappa shape index (κ3) is 5.80. The summed E-state index contributed by atoms with van der Waals surface area (Å²) in [5.74, 6) is 0.866. The molecule has 1 saturated carbocycles. The Morgan fingerprint density at radius 2 is 1.64 bits per heavy atom. The van der Waals surface area contributed by atoms with Gasteiger partial charge in [-0.2, -0.15) is 17.4 Å². The minimum absolute atomic E-state index is 0.321. The van der Waals surface area contributed by atoms with Gasteiger partial charge < -0.3 is 4.74 Å². The summed E-state index contributed by atoms with van der Waals surface area (Å²) in [6.07, 6.45) is 8.75. The van der Waals surface area contributed by atoms with Gasteiger partial charge in [0.1, 0.15) is 0 Å². The van der Waals surface area contributed by atoms with Gasteiger partial charge in [0.05, 0.1) is 12.7 Å². The average Bonchev–Trinajstić information content (AvgIpc) is 2.71. The van der Waals surface area contributed by atoms with Gasteiger partial charge >= 0.3 is 0 Å². The molecule has 5 nitrogen and oxygen atoms in total. The van der Waals surface area contributed by atoms with Crippen molar-refractivity contribution in [2.24, 2.45) is 11.8 Å². The van der Waals surface area contributed by atoms with E-state index in [9.17, 15) is 8.42 Å². The molecule has 0 unspecified atom stereocenters. The van der Waals surface area contributed by atoms with Gasteiger partial charge in [-0.25, -0.2) is 0 Å². The predicted octanol–water partition coefficient (Wildman–Crippen LogP) is 2.54. The van der Waals surface area contributed by atoms with Crippen molar-refractivity contribution in [1.82, 2.24) is 9.03 Å². The van der Waals surface area contributed by atoms with Gasteiger partial charge in [-0.3, -0.25) is 0 Å². The maximum absolute atomic E-state index is 12.3. The number of piperidine rings is 1. The van der Waals surface area contributed by atoms with Crippen LogP contribution in [0.4, 0.5) is 0 Å². The second-order valence-corrected chi connectivity index (χ2v) is 8.90. The number of ether oxygens (including phenoxy) is 1. The molecule has 1 N–H and O–H groups in total. The molecule has 2 atom stereocenters. The maximum atomic E-state index is 12.3. The van der Waals surface area contributed by atoms with Crippen molar-refractivity contribution in [2.75, 3.05) is 26.2 Å². The summed E-state index contributed by atoms with van der Waals surface area (Å²) in [5.41, 5.74) is 0. The Bertz CT molecular complexity index is 409. The third-order valence-electron chi connectivity index (χ3n) is 4.72. The van der Waals surface area contributed by atoms with Crippen LogP contribution in [0.25, 0.3) is 0 Å². The molecular weight excluding hydrogens is 300 g/mol. The quantitative estimate of drug-likeness (QED) is 0.601. The summed E-state index contributed by atoms with van der Waals surface area (Å²) < 4.78 is 34.8. The lowest BCUT2D eigenvalue weighted by atomic mass is 9.94. The van der Waals surface area contributed by atoms with Gasteiger partial charge in [0.15, 0.2) is 0 Å². The van der Waals surface area contributed by atoms with Crippen LogP contribution in [-0.2, 0) is 14.9 Å². The molecule has 1 saturated heterocycles. The van der Waals surface area contributed by atoms with E-state index in [-0.39, 0.29) is 0 Å². The van der Waals surface area contributed by atoms with Crippen LogP contribution in [0.5, 0.6) is 0 Å². The van der Waals surface area contributed by atoms with E-state index in [2.05, 4.69) is 18.6 Å². The largest absolute Gasteiger partial charge is 0.377 e. The second kappa shape index (κ2) is 8.62. The molecule has 0 bridgehead atoms. The lowest BCUT2D eigenvalue weighted by Crippen LogP contribution is -2.48. The van der Waals surface area contributed by atoms with Crippen LogP contribution < -0.4 is 4.72 Å². The normalized spacial score (nSPS) is 29.4. The molecule has 130 valence electrons. The van der Waals surface area contributed by atoms with E-state index in [1.807, 2.05) is 0 Å². The van der Waals surface area contributed by atoms with Gasteiger partial charge in [-0.05, 0) is 31.1 Å². The molecule has 6 heteroatoms. The summed E-state index contributed by atoms with van der Waals surface area (Å²) >= 11 is 0. The molecule has 22 heavy (non-hydrogen) atoms. The van der Waals surface area contributed by atoms with Crippen molar-refractivity contribution < 1.29 is 13.2 Å². The van der Waals surface area contributed by atoms with Crippen LogP contribution >= 0.6 is 0 Å². The molecule has 1 aliphatic carbocycles. The van der Waals surface area contributed by atoms with Crippen molar-refractivity contribution in [1.29, 1.82) is 0 Å². The Morgan fingerprint density at radius 1 is 1.05 bits per heavy atom. The third-order valence-corrected chi connectivity index (χ3v) is 6.26. The summed E-state index contributed by atoms with van der Waals surface area (Å²) in [5, 5.41) is 0. The van der Waals surface area contributed by atoms with E-state index < -0.39 is 10.2 Å². The minimum Gasteiger partial charge on any atom is -0.377 e. The SMILES string of the molecule is C[C@@H]1C[C@@H](C)CN(S(=O)(=O)NCCOC2CCCCCC2)C1. The summed E-state index contributed by atoms with van der Waals surface area (Å²) in [6, 6.07) is 0. The fraction of sp³-hybridized carbons (Fsp3) is 1.00. The van der Waals surface area contributed by atoms with Gasteiger partial charge in [-0.15, -0.1) is 0 Å². The second-order valence-electron chi connectivity index (χ2n) is 7.15. The summed E-state index contributed by atoms with van der Waals surface area (Å²) in [4.78, 5) is 0. The molecule has 1 heterocycles. The van der Waals surface area contributed by atoms with Crippen molar-refractivity contribution in [3.05, 3.63) is 0 Å². The number of hydrogen-bond acceptors (Lipinski definition) is 3. The van der Waals surface area contributed by atoms with Crippen LogP contribution in [0, 0.1) is 11.8 Å². The average molecular weight is 333 g/mol. The molecule has 0 amide bonds. The Morgan fingerprint density at radius 3 is 2.23 bits per heavy atom. The molecule has 0 aromatic rings. The summed E-state index contributed by atoms with van der Waals surface area (Å²) in [6.45, 7) is 6.34. The zero-order valence-electron chi connectivity index (χ0n) is 14.1. The fourth-order valence-corrected chi connectivity index (χ4v) is 5.12. The number of nitrogens with zero attached hydrogens (tertiary/aromatic N) is 1. The number of hydrogen-bond donors (Lipinski definition) is 1. The van der Waals surface area contributed by atoms with E-state index in [0.29, 0.717) is 44.2 Å². The van der Waals surface area contributed by atoms with E-state index >= 15 is 0 Å². The molecule has 0 aromatic carbocycles. The highest BCUT2D eigenvalue weighted by Crippen LogP contribution is 2.22. The number of nitrogens with one attached hydrogen (secondary N) is 1. The monoisotopic (exact) mass is 332 g/mol. The first-order chi connectivity index (χ1) is 10.5. The lowest BCUT2D eigenvalue weighted by Gasteiger charge is -2.34. The number of rotatable bonds is 6. The van der Waals surface area contributed by atoms with E-state index in [1.54, 1.807) is 4.31 Å². The molecular formula is C16H32N2O3S. The Kier molecular flexibility index (Phi) is 7.12. The highest BCUT2D eigenvalue weighted by molar-refractivity contribution is 7.87. The van der Waals surface area contributed by atoms with E-state index in [1.165, 1.54) is 25.7 Å². The Hall–Kier alpha value is -0.170. The fourth-order valence-electron chi connectivity index (χ4n) is 3.70. The topological polar surface area (TPSA) is 58.6 Å². The van der Waals surface area contributed by atoms with Crippen LogP contribution in [0.15, 0.2) is 0 Å². The van der Waals surface area contributed by atoms with Crippen molar-refractivity contribution in [3.63, 3.8) is 0 Å². The van der Waals surface area contributed by atoms with Gasteiger partial charge in [-0.1, -0.05) is 39.5 Å². The molecule has 2 aliphatic rings. The maximum Gasteiger partial charge on any atom is 0.279 e. The van der Waals surface area contributed by atoms with Crippen LogP contribution in [0.2, 0.25) is 0 Å². The highest BCUT2D eigenvalue weighted by Gasteiger charge is 2.30. The molecule has 2 fully saturated rings. The van der Waals surface area contributed by atoms with Gasteiger partial charge in [0.25, 0.3) is 10.2 Å². The first-order valence-electron chi connectivity index (χ1n) is 8.83. The van der Waals surface area contributed by atoms with E-state index in [0.717, 1.165) is 19.3 Å². The van der Waals surface area contributed by atoms with Crippen molar-refractivity contribution >= 4 is 10.2 Å². The zero-order chi connectivity index (χ0) is 16.0. The molecule has 0 aromatic heterocycles. The first-order valence-corrected chi connectivity index (χ1v) is 10.3. The molecule has 0 radical (unpaired) electrons. The lowest BCUT2D eigenvalue weighted by molar-refractivity contribution is 0.0469. The molecule has 0 spiro atoms. The van der Waals surface area contributed by atoms with Crippen LogP contribution in [0.3, 0.4) is 0 Å². The van der Waals surface area contributed by atoms with Crippen LogP contribution in [0.1, 0.15) is 58.8 Å². The zero-order valence-corrected chi connectivity index (χ0v) is 14.9. The Labute approximate surface area is 136 Å². The standard InChI is InChI=1S/C16H32N2O3S/c1-14-11-15(2)13-18(12-14)22(19,20)17-9-10-21-16-7-5-3-4-6-8-16/h14-17H,3-13H2,1-2H3/t14-,15-/m1/s1. The van der Waals surface area contributed by atoms with Gasteiger partial charge in [0.2, 0.25) is 0 Å². The van der Waals surface area contributed by atoms with E-state index in [4.69, 9.17) is 4.74 Å². The van der Waals surface area contributed by atoms with Crippen molar-refractivity contribution in [3.8, 4) is 0 Å². The highest BCUT2D eigenvalue weighted by atomic mass is 32.2. The summed E-state index contributed by atoms with van der Waals surface area (Å²) in [7, 11) is -3.36.